The molecule has 2 aliphatic heterocycles. The van der Waals surface area contributed by atoms with Gasteiger partial charge in [-0.2, -0.15) is 0 Å². The van der Waals surface area contributed by atoms with E-state index in [-0.39, 0.29) is 24.4 Å². The fraction of sp³-hybridized carbons (Fsp3) is 0.667. The van der Waals surface area contributed by atoms with Gasteiger partial charge >= 0.3 is 6.09 Å². The quantitative estimate of drug-likeness (QED) is 0.709. The van der Waals surface area contributed by atoms with Crippen LogP contribution >= 0.6 is 0 Å². The van der Waals surface area contributed by atoms with Crippen LogP contribution in [0.2, 0.25) is 0 Å². The summed E-state index contributed by atoms with van der Waals surface area (Å²) in [6, 6.07) is 5.83. The molecule has 2 saturated heterocycles. The van der Waals surface area contributed by atoms with Crippen molar-refractivity contribution in [1.82, 2.24) is 14.7 Å². The van der Waals surface area contributed by atoms with Crippen molar-refractivity contribution < 1.29 is 23.5 Å². The molecule has 1 saturated carbocycles. The average Bonchev–Trinajstić information content (AvgIpc) is 3.11. The molecule has 3 aliphatic rings. The van der Waals surface area contributed by atoms with Crippen molar-refractivity contribution in [1.29, 1.82) is 0 Å². The second-order valence-electron chi connectivity index (χ2n) is 10.0. The molecule has 1 aromatic rings. The normalized spacial score (nSPS) is 24.9. The minimum absolute atomic E-state index is 0.0469. The maximum Gasteiger partial charge on any atom is 0.411 e. The van der Waals surface area contributed by atoms with Crippen LogP contribution in [0.5, 0.6) is 5.75 Å². The molecule has 0 spiro atoms. The molecule has 2 amide bonds. The Morgan fingerprint density at radius 1 is 1.03 bits per heavy atom. The lowest BCUT2D eigenvalue weighted by Gasteiger charge is -2.43. The van der Waals surface area contributed by atoms with Crippen LogP contribution in [-0.4, -0.2) is 83.2 Å². The Labute approximate surface area is 189 Å². The Bertz CT molecular complexity index is 814. The van der Waals surface area contributed by atoms with E-state index < -0.39 is 17.7 Å². The van der Waals surface area contributed by atoms with Gasteiger partial charge in [-0.15, -0.1) is 0 Å². The number of nitrogens with zero attached hydrogens (tertiary/aromatic N) is 3. The van der Waals surface area contributed by atoms with E-state index in [2.05, 4.69) is 4.90 Å². The van der Waals surface area contributed by atoms with Gasteiger partial charge in [-0.25, -0.2) is 9.18 Å². The van der Waals surface area contributed by atoms with Gasteiger partial charge in [-0.3, -0.25) is 14.6 Å². The van der Waals surface area contributed by atoms with Crippen LogP contribution in [0, 0.1) is 5.82 Å². The molecule has 7 nitrogen and oxygen atoms in total. The van der Waals surface area contributed by atoms with E-state index in [1.807, 2.05) is 25.7 Å². The van der Waals surface area contributed by atoms with Gasteiger partial charge in [0.2, 0.25) is 5.91 Å². The third-order valence-corrected chi connectivity index (χ3v) is 6.51. The lowest BCUT2D eigenvalue weighted by Crippen LogP contribution is -2.57. The maximum atomic E-state index is 13.4. The van der Waals surface area contributed by atoms with E-state index in [0.29, 0.717) is 31.3 Å². The zero-order valence-electron chi connectivity index (χ0n) is 19.3. The highest BCUT2D eigenvalue weighted by Crippen LogP contribution is 2.29. The molecule has 32 heavy (non-hydrogen) atoms. The molecule has 2 heterocycles. The first kappa shape index (κ1) is 22.8. The summed E-state index contributed by atoms with van der Waals surface area (Å²) < 4.78 is 24.8. The summed E-state index contributed by atoms with van der Waals surface area (Å²) in [4.78, 5) is 32.2. The van der Waals surface area contributed by atoms with E-state index in [4.69, 9.17) is 9.47 Å². The van der Waals surface area contributed by atoms with Gasteiger partial charge in [0.05, 0.1) is 6.54 Å². The Morgan fingerprint density at radius 3 is 2.25 bits per heavy atom. The van der Waals surface area contributed by atoms with Gasteiger partial charge in [-0.05, 0) is 57.9 Å². The molecule has 0 aromatic heterocycles. The summed E-state index contributed by atoms with van der Waals surface area (Å²) in [5.41, 5.74) is -0.658. The summed E-state index contributed by atoms with van der Waals surface area (Å²) in [6.07, 6.45) is 3.33. The second kappa shape index (κ2) is 9.25. The number of hydrogen-bond donors (Lipinski definition) is 0. The van der Waals surface area contributed by atoms with Gasteiger partial charge in [0, 0.05) is 38.6 Å². The minimum Gasteiger partial charge on any atom is -0.488 e. The molecule has 4 rings (SSSR count). The van der Waals surface area contributed by atoms with Crippen molar-refractivity contribution in [3.05, 3.63) is 30.1 Å². The minimum atomic E-state index is -0.658. The summed E-state index contributed by atoms with van der Waals surface area (Å²) in [7, 11) is 0. The number of piperazine rings is 1. The largest absolute Gasteiger partial charge is 0.488 e. The smallest absolute Gasteiger partial charge is 0.411 e. The zero-order valence-corrected chi connectivity index (χ0v) is 19.3. The molecule has 8 heteroatoms. The van der Waals surface area contributed by atoms with Crippen LogP contribution in [0.25, 0.3) is 0 Å². The van der Waals surface area contributed by atoms with Crippen molar-refractivity contribution >= 4 is 12.0 Å². The SMILES string of the molecule is CC(C)(C)OC(=O)N1CC(Oc2ccc(F)cc2)CC1C(=O)N1CCN(C2CCC2)CC1. The number of carbonyl (C=O) groups is 2. The molecule has 0 N–H and O–H groups in total. The van der Waals surface area contributed by atoms with Gasteiger partial charge in [0.1, 0.15) is 29.3 Å². The lowest BCUT2D eigenvalue weighted by molar-refractivity contribution is -0.138. The monoisotopic (exact) mass is 447 g/mol. The van der Waals surface area contributed by atoms with Gasteiger partial charge in [0.25, 0.3) is 0 Å². The summed E-state index contributed by atoms with van der Waals surface area (Å²) in [6.45, 7) is 8.80. The molecular formula is C24H34FN3O4. The number of carbonyl (C=O) groups excluding carboxylic acids is 2. The Kier molecular flexibility index (Phi) is 6.60. The van der Waals surface area contributed by atoms with E-state index in [1.54, 1.807) is 12.1 Å². The van der Waals surface area contributed by atoms with Gasteiger partial charge in [0.15, 0.2) is 0 Å². The molecule has 2 atom stereocenters. The fourth-order valence-electron chi connectivity index (χ4n) is 4.61. The van der Waals surface area contributed by atoms with Crippen LogP contribution in [0.15, 0.2) is 24.3 Å². The third kappa shape index (κ3) is 5.34. The molecule has 3 fully saturated rings. The Balaban J connectivity index is 1.43. The van der Waals surface area contributed by atoms with Crippen molar-refractivity contribution in [2.45, 2.75) is 70.2 Å². The molecule has 1 aromatic carbocycles. The second-order valence-corrected chi connectivity index (χ2v) is 10.0. The number of halogens is 1. The van der Waals surface area contributed by atoms with Crippen molar-refractivity contribution in [2.75, 3.05) is 32.7 Å². The van der Waals surface area contributed by atoms with E-state index >= 15 is 0 Å². The van der Waals surface area contributed by atoms with E-state index in [0.717, 1.165) is 13.1 Å². The summed E-state index contributed by atoms with van der Waals surface area (Å²) >= 11 is 0. The third-order valence-electron chi connectivity index (χ3n) is 6.51. The van der Waals surface area contributed by atoms with Gasteiger partial charge < -0.3 is 14.4 Å². The van der Waals surface area contributed by atoms with Crippen LogP contribution < -0.4 is 4.74 Å². The summed E-state index contributed by atoms with van der Waals surface area (Å²) in [5.74, 6) is 0.130. The molecular weight excluding hydrogens is 413 g/mol. The van der Waals surface area contributed by atoms with E-state index in [9.17, 15) is 14.0 Å². The number of rotatable bonds is 4. The molecule has 0 bridgehead atoms. The number of benzene rings is 1. The van der Waals surface area contributed by atoms with Crippen LogP contribution in [0.1, 0.15) is 46.5 Å². The number of hydrogen-bond acceptors (Lipinski definition) is 5. The molecule has 2 unspecified atom stereocenters. The number of amides is 2. The summed E-state index contributed by atoms with van der Waals surface area (Å²) in [5, 5.41) is 0. The first-order valence-corrected chi connectivity index (χ1v) is 11.6. The van der Waals surface area contributed by atoms with Crippen LogP contribution in [0.3, 0.4) is 0 Å². The molecule has 0 radical (unpaired) electrons. The highest BCUT2D eigenvalue weighted by atomic mass is 19.1. The van der Waals surface area contributed by atoms with Crippen molar-refractivity contribution in [3.8, 4) is 5.75 Å². The predicted octanol–water partition coefficient (Wildman–Crippen LogP) is 3.28. The van der Waals surface area contributed by atoms with Gasteiger partial charge in [-0.1, -0.05) is 6.42 Å². The average molecular weight is 448 g/mol. The first-order chi connectivity index (χ1) is 15.2. The lowest BCUT2D eigenvalue weighted by atomic mass is 9.91. The predicted molar refractivity (Wildman–Crippen MR) is 118 cm³/mol. The topological polar surface area (TPSA) is 62.3 Å². The zero-order chi connectivity index (χ0) is 22.9. The van der Waals surface area contributed by atoms with Crippen LogP contribution in [-0.2, 0) is 9.53 Å². The highest BCUT2D eigenvalue weighted by Gasteiger charge is 2.44. The standard InChI is InChI=1S/C24H34FN3O4/c1-24(2,3)32-23(30)28-16-20(31-19-9-7-17(25)8-10-19)15-21(28)22(29)27-13-11-26(12-14-27)18-5-4-6-18/h7-10,18,20-21H,4-6,11-16H2,1-3H3. The van der Waals surface area contributed by atoms with Crippen molar-refractivity contribution in [2.24, 2.45) is 0 Å². The van der Waals surface area contributed by atoms with Crippen LogP contribution in [0.4, 0.5) is 9.18 Å². The van der Waals surface area contributed by atoms with Crippen molar-refractivity contribution in [3.63, 3.8) is 0 Å². The Hall–Kier alpha value is -2.35. The number of ether oxygens (including phenoxy) is 2. The first-order valence-electron chi connectivity index (χ1n) is 11.6. The molecule has 1 aliphatic carbocycles. The van der Waals surface area contributed by atoms with E-state index in [1.165, 1.54) is 36.3 Å². The fourth-order valence-corrected chi connectivity index (χ4v) is 4.61. The molecule has 176 valence electrons. The maximum absolute atomic E-state index is 13.4. The highest BCUT2D eigenvalue weighted by molar-refractivity contribution is 5.86. The Morgan fingerprint density at radius 2 is 1.69 bits per heavy atom. The number of likely N-dealkylation sites (tertiary alicyclic amines) is 1.